The van der Waals surface area contributed by atoms with E-state index >= 15 is 0 Å². The van der Waals surface area contributed by atoms with Crippen molar-refractivity contribution in [3.63, 3.8) is 0 Å². The van der Waals surface area contributed by atoms with Crippen molar-refractivity contribution in [1.29, 1.82) is 0 Å². The zero-order chi connectivity index (χ0) is 16.8. The van der Waals surface area contributed by atoms with E-state index in [-0.39, 0.29) is 24.1 Å². The van der Waals surface area contributed by atoms with Gasteiger partial charge < -0.3 is 15.2 Å². The highest BCUT2D eigenvalue weighted by atomic mass is 35.5. The Labute approximate surface area is 135 Å². The maximum atomic E-state index is 13.0. The Kier molecular flexibility index (Phi) is 5.84. The average Bonchev–Trinajstić information content (AvgIpc) is 2.53. The molecular weight excluding hydrogens is 330 g/mol. The number of amides is 1. The lowest BCUT2D eigenvalue weighted by Crippen LogP contribution is -2.35. The van der Waals surface area contributed by atoms with Crippen LogP contribution in [0.25, 0.3) is 0 Å². The first-order chi connectivity index (χ1) is 11.0. The van der Waals surface area contributed by atoms with E-state index < -0.39 is 23.6 Å². The minimum atomic E-state index is -1.04. The molecule has 1 heterocycles. The fourth-order valence-electron chi connectivity index (χ4n) is 1.67. The van der Waals surface area contributed by atoms with Gasteiger partial charge in [-0.3, -0.25) is 4.79 Å². The van der Waals surface area contributed by atoms with Crippen LogP contribution >= 0.6 is 11.6 Å². The number of benzene rings is 1. The molecule has 1 aromatic carbocycles. The molecule has 0 aliphatic rings. The van der Waals surface area contributed by atoms with Crippen LogP contribution in [-0.2, 0) is 0 Å². The molecule has 8 heteroatoms. The predicted molar refractivity (Wildman–Crippen MR) is 79.4 cm³/mol. The Bertz CT molecular complexity index is 700. The molecule has 0 unspecified atom stereocenters. The van der Waals surface area contributed by atoms with Crippen molar-refractivity contribution in [2.24, 2.45) is 0 Å². The normalized spacial score (nSPS) is 11.8. The molecule has 0 aliphatic carbocycles. The lowest BCUT2D eigenvalue weighted by molar-refractivity contribution is 0.0843. The van der Waals surface area contributed by atoms with Gasteiger partial charge >= 0.3 is 0 Å². The van der Waals surface area contributed by atoms with Gasteiger partial charge in [0.15, 0.2) is 11.6 Å². The van der Waals surface area contributed by atoms with Gasteiger partial charge in [0, 0.05) is 24.4 Å². The molecule has 0 spiro atoms. The fraction of sp³-hybridized carbons (Fsp3) is 0.200. The molecule has 1 aromatic heterocycles. The van der Waals surface area contributed by atoms with Crippen LogP contribution in [0.2, 0.25) is 5.15 Å². The van der Waals surface area contributed by atoms with Gasteiger partial charge in [0.25, 0.3) is 5.91 Å². The van der Waals surface area contributed by atoms with Crippen LogP contribution < -0.4 is 10.1 Å². The van der Waals surface area contributed by atoms with E-state index in [1.54, 1.807) is 0 Å². The first-order valence-corrected chi connectivity index (χ1v) is 6.99. The van der Waals surface area contributed by atoms with Crippen LogP contribution in [0, 0.1) is 11.6 Å². The van der Waals surface area contributed by atoms with Crippen molar-refractivity contribution < 1.29 is 23.4 Å². The summed E-state index contributed by atoms with van der Waals surface area (Å²) in [4.78, 5) is 15.6. The topological polar surface area (TPSA) is 71.5 Å². The molecular formula is C15H13ClF2N2O3. The summed E-state index contributed by atoms with van der Waals surface area (Å²) >= 11 is 5.68. The molecule has 1 amide bonds. The predicted octanol–water partition coefficient (Wildman–Crippen LogP) is 2.18. The summed E-state index contributed by atoms with van der Waals surface area (Å²) in [6, 6.07) is 5.90. The van der Waals surface area contributed by atoms with Crippen molar-refractivity contribution >= 4 is 17.5 Å². The molecule has 0 fully saturated rings. The summed E-state index contributed by atoms with van der Waals surface area (Å²) in [6.45, 7) is -0.273. The first kappa shape index (κ1) is 17.1. The van der Waals surface area contributed by atoms with Crippen LogP contribution in [0.1, 0.15) is 10.4 Å². The lowest BCUT2D eigenvalue weighted by Gasteiger charge is -2.13. The number of aromatic nitrogens is 1. The number of hydrogen-bond donors (Lipinski definition) is 2. The van der Waals surface area contributed by atoms with Gasteiger partial charge in [-0.2, -0.15) is 0 Å². The Hall–Kier alpha value is -2.25. The fourth-order valence-corrected chi connectivity index (χ4v) is 1.85. The number of nitrogens with zero attached hydrogens (tertiary/aromatic N) is 1. The molecule has 2 rings (SSSR count). The third-order valence-corrected chi connectivity index (χ3v) is 3.03. The van der Waals surface area contributed by atoms with Gasteiger partial charge in [-0.15, -0.1) is 0 Å². The van der Waals surface area contributed by atoms with E-state index in [0.717, 1.165) is 12.1 Å². The van der Waals surface area contributed by atoms with Crippen molar-refractivity contribution in [3.05, 3.63) is 58.9 Å². The van der Waals surface area contributed by atoms with Crippen molar-refractivity contribution in [2.45, 2.75) is 6.10 Å². The minimum absolute atomic E-state index is 0.0789. The molecule has 0 radical (unpaired) electrons. The van der Waals surface area contributed by atoms with E-state index in [9.17, 15) is 18.7 Å². The van der Waals surface area contributed by atoms with E-state index in [2.05, 4.69) is 10.3 Å². The summed E-state index contributed by atoms with van der Waals surface area (Å²) in [5.74, 6) is -2.38. The van der Waals surface area contributed by atoms with Gasteiger partial charge in [-0.25, -0.2) is 13.8 Å². The molecule has 23 heavy (non-hydrogen) atoms. The lowest BCUT2D eigenvalue weighted by atomic mass is 10.2. The summed E-state index contributed by atoms with van der Waals surface area (Å²) in [7, 11) is 0. The monoisotopic (exact) mass is 342 g/mol. The highest BCUT2D eigenvalue weighted by Crippen LogP contribution is 2.15. The summed E-state index contributed by atoms with van der Waals surface area (Å²) in [5, 5.41) is 12.4. The SMILES string of the molecule is O=C(NC[C@H](O)COc1ccc(F)c(F)c1)c1ccnc(Cl)c1. The maximum absolute atomic E-state index is 13.0. The van der Waals surface area contributed by atoms with Crippen molar-refractivity contribution in [2.75, 3.05) is 13.2 Å². The van der Waals surface area contributed by atoms with Gasteiger partial charge in [0.1, 0.15) is 23.6 Å². The molecule has 1 atom stereocenters. The zero-order valence-corrected chi connectivity index (χ0v) is 12.6. The highest BCUT2D eigenvalue weighted by Gasteiger charge is 2.11. The number of carbonyl (C=O) groups excluding carboxylic acids is 1. The number of nitrogens with one attached hydrogen (secondary N) is 1. The number of rotatable bonds is 6. The number of carbonyl (C=O) groups is 1. The maximum Gasteiger partial charge on any atom is 0.251 e. The summed E-state index contributed by atoms with van der Waals surface area (Å²) < 4.78 is 30.9. The number of aliphatic hydroxyl groups is 1. The van der Waals surface area contributed by atoms with E-state index in [1.807, 2.05) is 0 Å². The Balaban J connectivity index is 1.79. The molecule has 0 aliphatic heterocycles. The molecule has 2 N–H and O–H groups in total. The smallest absolute Gasteiger partial charge is 0.251 e. The quantitative estimate of drug-likeness (QED) is 0.789. The van der Waals surface area contributed by atoms with Crippen molar-refractivity contribution in [3.8, 4) is 5.75 Å². The molecule has 122 valence electrons. The van der Waals surface area contributed by atoms with Crippen LogP contribution in [0.4, 0.5) is 8.78 Å². The van der Waals surface area contributed by atoms with Crippen LogP contribution in [0.5, 0.6) is 5.75 Å². The van der Waals surface area contributed by atoms with Crippen LogP contribution in [0.15, 0.2) is 36.5 Å². The first-order valence-electron chi connectivity index (χ1n) is 6.61. The van der Waals surface area contributed by atoms with Gasteiger partial charge in [0.2, 0.25) is 0 Å². The van der Waals surface area contributed by atoms with Crippen LogP contribution in [0.3, 0.4) is 0 Å². The highest BCUT2D eigenvalue weighted by molar-refractivity contribution is 6.29. The van der Waals surface area contributed by atoms with E-state index in [1.165, 1.54) is 24.4 Å². The second kappa shape index (κ2) is 7.85. The second-order valence-corrected chi connectivity index (χ2v) is 5.01. The number of pyridine rings is 1. The van der Waals surface area contributed by atoms with Gasteiger partial charge in [-0.1, -0.05) is 11.6 Å². The standard InChI is InChI=1S/C15H13ClF2N2O3/c16-14-5-9(3-4-19-14)15(22)20-7-10(21)8-23-11-1-2-12(17)13(18)6-11/h1-6,10,21H,7-8H2,(H,20,22)/t10-/m0/s1. The Morgan fingerprint density at radius 1 is 1.30 bits per heavy atom. The number of ether oxygens (including phenoxy) is 1. The molecule has 2 aromatic rings. The number of aliphatic hydroxyl groups excluding tert-OH is 1. The molecule has 0 saturated heterocycles. The van der Waals surface area contributed by atoms with Gasteiger partial charge in [-0.05, 0) is 24.3 Å². The molecule has 5 nitrogen and oxygen atoms in total. The van der Waals surface area contributed by atoms with Crippen LogP contribution in [-0.4, -0.2) is 35.3 Å². The largest absolute Gasteiger partial charge is 0.491 e. The molecule has 0 saturated carbocycles. The Morgan fingerprint density at radius 2 is 2.09 bits per heavy atom. The third kappa shape index (κ3) is 5.15. The molecule has 0 bridgehead atoms. The Morgan fingerprint density at radius 3 is 2.78 bits per heavy atom. The van der Waals surface area contributed by atoms with E-state index in [4.69, 9.17) is 16.3 Å². The summed E-state index contributed by atoms with van der Waals surface area (Å²) in [5.41, 5.74) is 0.304. The zero-order valence-electron chi connectivity index (χ0n) is 11.8. The van der Waals surface area contributed by atoms with E-state index in [0.29, 0.717) is 5.56 Å². The number of hydrogen-bond acceptors (Lipinski definition) is 4. The van der Waals surface area contributed by atoms with Crippen molar-refractivity contribution in [1.82, 2.24) is 10.3 Å². The summed E-state index contributed by atoms with van der Waals surface area (Å²) in [6.07, 6.45) is 0.365. The number of halogens is 3. The van der Waals surface area contributed by atoms with Gasteiger partial charge in [0.05, 0.1) is 0 Å². The average molecular weight is 343 g/mol. The minimum Gasteiger partial charge on any atom is -0.491 e. The third-order valence-electron chi connectivity index (χ3n) is 2.82. The second-order valence-electron chi connectivity index (χ2n) is 4.62.